The molecule has 1 heteroatoms. The Morgan fingerprint density at radius 3 is 2.14 bits per heavy atom. The first-order valence-corrected chi connectivity index (χ1v) is 7.63. The molecule has 1 aromatic heterocycles. The van der Waals surface area contributed by atoms with Gasteiger partial charge >= 0.3 is 0 Å². The van der Waals surface area contributed by atoms with Gasteiger partial charge in [0.2, 0.25) is 0 Å². The second-order valence-electron chi connectivity index (χ2n) is 5.83. The highest BCUT2D eigenvalue weighted by Gasteiger charge is 2.02. The maximum absolute atomic E-state index is 4.40. The molecule has 0 fully saturated rings. The molecule has 0 N–H and O–H groups in total. The van der Waals surface area contributed by atoms with Crippen LogP contribution in [0.5, 0.6) is 0 Å². The van der Waals surface area contributed by atoms with Crippen LogP contribution in [0.4, 0.5) is 0 Å². The van der Waals surface area contributed by atoms with E-state index in [0.29, 0.717) is 0 Å². The molecule has 0 saturated carbocycles. The third kappa shape index (κ3) is 5.55. The molecular formula is C20H27N. The van der Waals surface area contributed by atoms with E-state index >= 15 is 0 Å². The first-order chi connectivity index (χ1) is 9.95. The van der Waals surface area contributed by atoms with Crippen LogP contribution in [0.1, 0.15) is 45.2 Å². The van der Waals surface area contributed by atoms with Crippen molar-refractivity contribution in [1.82, 2.24) is 4.98 Å². The molecule has 0 spiro atoms. The third-order valence-corrected chi connectivity index (χ3v) is 3.48. The summed E-state index contributed by atoms with van der Waals surface area (Å²) in [7, 11) is 0. The lowest BCUT2D eigenvalue weighted by Gasteiger charge is -2.05. The van der Waals surface area contributed by atoms with Gasteiger partial charge in [0.1, 0.15) is 0 Å². The summed E-state index contributed by atoms with van der Waals surface area (Å²) < 4.78 is 0. The lowest BCUT2D eigenvalue weighted by molar-refractivity contribution is 0.626. The predicted molar refractivity (Wildman–Crippen MR) is 94.2 cm³/mol. The molecule has 1 nitrogen and oxygen atoms in total. The summed E-state index contributed by atoms with van der Waals surface area (Å²) >= 11 is 0. The monoisotopic (exact) mass is 281 g/mol. The van der Waals surface area contributed by atoms with Crippen molar-refractivity contribution < 1.29 is 0 Å². The summed E-state index contributed by atoms with van der Waals surface area (Å²) in [5, 5.41) is 0. The lowest BCUT2D eigenvalue weighted by atomic mass is 10.0. The quantitative estimate of drug-likeness (QED) is 0.658. The van der Waals surface area contributed by atoms with Crippen molar-refractivity contribution in [1.29, 1.82) is 0 Å². The average molecular weight is 281 g/mol. The summed E-state index contributed by atoms with van der Waals surface area (Å²) in [6, 6.07) is 12.4. The number of aromatic nitrogens is 1. The Hall–Kier alpha value is -1.89. The van der Waals surface area contributed by atoms with E-state index < -0.39 is 0 Å². The number of aryl methyl sites for hydroxylation is 1. The Kier molecular flexibility index (Phi) is 6.87. The molecule has 1 aromatic carbocycles. The van der Waals surface area contributed by atoms with Crippen LogP contribution >= 0.6 is 0 Å². The van der Waals surface area contributed by atoms with Crippen LogP contribution in [0.15, 0.2) is 49.2 Å². The van der Waals surface area contributed by atoms with Gasteiger partial charge in [-0.1, -0.05) is 69.7 Å². The van der Waals surface area contributed by atoms with Gasteiger partial charge in [-0.15, -0.1) is 0 Å². The van der Waals surface area contributed by atoms with Gasteiger partial charge in [-0.05, 0) is 37.0 Å². The molecule has 2 rings (SSSR count). The van der Waals surface area contributed by atoms with E-state index in [0.717, 1.165) is 22.7 Å². The van der Waals surface area contributed by atoms with E-state index in [1.54, 1.807) is 0 Å². The van der Waals surface area contributed by atoms with Crippen LogP contribution in [0.25, 0.3) is 16.8 Å². The number of pyridine rings is 1. The molecule has 0 radical (unpaired) electrons. The minimum atomic E-state index is 0.884. The summed E-state index contributed by atoms with van der Waals surface area (Å²) in [4.78, 5) is 4.40. The standard InChI is InChI=1S/C15H15N.C5H12/c1-11(2)13-6-8-14(9-7-13)15-12(3)5-4-10-16-15;1-4-5(2)3/h4-10H,1H2,2-3H3;5H,4H2,1-3H3. The SMILES string of the molecule is C=C(C)c1ccc(-c2ncccc2C)cc1.CCC(C)C. The Morgan fingerprint density at radius 2 is 1.71 bits per heavy atom. The van der Waals surface area contributed by atoms with Gasteiger partial charge in [-0.25, -0.2) is 0 Å². The minimum absolute atomic E-state index is 0.884. The Balaban J connectivity index is 0.000000383. The van der Waals surface area contributed by atoms with E-state index in [-0.39, 0.29) is 0 Å². The average Bonchev–Trinajstić information content (AvgIpc) is 2.48. The van der Waals surface area contributed by atoms with Gasteiger partial charge in [0.05, 0.1) is 5.69 Å². The van der Waals surface area contributed by atoms with Crippen molar-refractivity contribution in [2.75, 3.05) is 0 Å². The van der Waals surface area contributed by atoms with Gasteiger partial charge in [0.25, 0.3) is 0 Å². The fourth-order valence-electron chi connectivity index (χ4n) is 1.70. The normalized spacial score (nSPS) is 10.0. The van der Waals surface area contributed by atoms with E-state index in [9.17, 15) is 0 Å². The molecule has 0 bridgehead atoms. The number of benzene rings is 1. The van der Waals surface area contributed by atoms with Crippen molar-refractivity contribution in [3.63, 3.8) is 0 Å². The number of hydrogen-bond acceptors (Lipinski definition) is 1. The van der Waals surface area contributed by atoms with E-state index in [2.05, 4.69) is 69.6 Å². The van der Waals surface area contributed by atoms with E-state index in [1.807, 2.05) is 19.2 Å². The molecule has 0 aliphatic heterocycles. The maximum atomic E-state index is 4.40. The Bertz CT molecular complexity index is 565. The Morgan fingerprint density at radius 1 is 1.14 bits per heavy atom. The minimum Gasteiger partial charge on any atom is -0.256 e. The molecule has 0 amide bonds. The van der Waals surface area contributed by atoms with Crippen molar-refractivity contribution in [2.45, 2.75) is 41.0 Å². The van der Waals surface area contributed by atoms with Crippen LogP contribution in [0, 0.1) is 12.8 Å². The van der Waals surface area contributed by atoms with Crippen molar-refractivity contribution >= 4 is 5.57 Å². The highest BCUT2D eigenvalue weighted by Crippen LogP contribution is 2.22. The fraction of sp³-hybridized carbons (Fsp3) is 0.350. The van der Waals surface area contributed by atoms with E-state index in [1.165, 1.54) is 17.5 Å². The van der Waals surface area contributed by atoms with Gasteiger partial charge in [-0.2, -0.15) is 0 Å². The topological polar surface area (TPSA) is 12.9 Å². The predicted octanol–water partition coefficient (Wildman–Crippen LogP) is 6.14. The zero-order valence-electron chi connectivity index (χ0n) is 14.0. The van der Waals surface area contributed by atoms with Gasteiger partial charge < -0.3 is 0 Å². The summed E-state index contributed by atoms with van der Waals surface area (Å²) in [5.41, 5.74) is 5.67. The largest absolute Gasteiger partial charge is 0.256 e. The van der Waals surface area contributed by atoms with Crippen LogP contribution in [0.3, 0.4) is 0 Å². The van der Waals surface area contributed by atoms with Gasteiger partial charge in [0.15, 0.2) is 0 Å². The first-order valence-electron chi connectivity index (χ1n) is 7.63. The summed E-state index contributed by atoms with van der Waals surface area (Å²) in [6.45, 7) is 14.7. The lowest BCUT2D eigenvalue weighted by Crippen LogP contribution is -1.87. The number of allylic oxidation sites excluding steroid dienone is 1. The maximum Gasteiger partial charge on any atom is 0.0731 e. The Labute approximate surface area is 129 Å². The smallest absolute Gasteiger partial charge is 0.0731 e. The highest BCUT2D eigenvalue weighted by atomic mass is 14.7. The molecule has 0 unspecified atom stereocenters. The molecule has 0 aliphatic rings. The van der Waals surface area contributed by atoms with Crippen LogP contribution in [0.2, 0.25) is 0 Å². The first kappa shape index (κ1) is 17.2. The molecule has 0 saturated heterocycles. The van der Waals surface area contributed by atoms with Crippen LogP contribution in [-0.2, 0) is 0 Å². The van der Waals surface area contributed by atoms with Gasteiger partial charge in [-0.3, -0.25) is 4.98 Å². The molecule has 0 atom stereocenters. The molecule has 0 aliphatic carbocycles. The van der Waals surface area contributed by atoms with Crippen molar-refractivity contribution in [2.24, 2.45) is 5.92 Å². The highest BCUT2D eigenvalue weighted by molar-refractivity contribution is 5.68. The second-order valence-corrected chi connectivity index (χ2v) is 5.83. The summed E-state index contributed by atoms with van der Waals surface area (Å²) in [6.07, 6.45) is 3.13. The number of hydrogen-bond donors (Lipinski definition) is 0. The van der Waals surface area contributed by atoms with Crippen molar-refractivity contribution in [3.05, 3.63) is 60.3 Å². The molecule has 2 aromatic rings. The third-order valence-electron chi connectivity index (χ3n) is 3.48. The molecule has 1 heterocycles. The van der Waals surface area contributed by atoms with Crippen LogP contribution < -0.4 is 0 Å². The van der Waals surface area contributed by atoms with Gasteiger partial charge in [0, 0.05) is 11.8 Å². The number of nitrogens with zero attached hydrogens (tertiary/aromatic N) is 1. The zero-order chi connectivity index (χ0) is 15.8. The van der Waals surface area contributed by atoms with Crippen molar-refractivity contribution in [3.8, 4) is 11.3 Å². The van der Waals surface area contributed by atoms with E-state index in [4.69, 9.17) is 0 Å². The molecule has 21 heavy (non-hydrogen) atoms. The second kappa shape index (κ2) is 8.41. The molecule has 112 valence electrons. The van der Waals surface area contributed by atoms with Crippen LogP contribution in [-0.4, -0.2) is 4.98 Å². The number of rotatable bonds is 3. The summed E-state index contributed by atoms with van der Waals surface area (Å²) in [5.74, 6) is 0.884. The zero-order valence-corrected chi connectivity index (χ0v) is 14.0. The fourth-order valence-corrected chi connectivity index (χ4v) is 1.70. The molecular weight excluding hydrogens is 254 g/mol.